The largest absolute Gasteiger partial charge is 0.410 e. The van der Waals surface area contributed by atoms with Gasteiger partial charge in [0.05, 0.1) is 16.7 Å². The Hall–Kier alpha value is -2.62. The fourth-order valence-electron chi connectivity index (χ4n) is 3.51. The molecule has 3 aromatic rings. The fraction of sp³-hybridized carbons (Fsp3) is 0.278. The maximum absolute atomic E-state index is 13.7. The minimum Gasteiger partial charge on any atom is -0.284 e. The Bertz CT molecular complexity index is 1010. The average molecular weight is 454 g/mol. The molecule has 0 unspecified atom stereocenters. The van der Waals surface area contributed by atoms with Gasteiger partial charge in [-0.15, -0.1) is 0 Å². The van der Waals surface area contributed by atoms with Crippen LogP contribution in [0.25, 0.3) is 0 Å². The summed E-state index contributed by atoms with van der Waals surface area (Å²) in [7, 11) is 1.66. The Balaban J connectivity index is 1.87. The summed E-state index contributed by atoms with van der Waals surface area (Å²) in [6.07, 6.45) is -1.94. The lowest BCUT2D eigenvalue weighted by atomic mass is 9.94. The number of fused-ring (bicyclic) bond motifs is 1. The van der Waals surface area contributed by atoms with Gasteiger partial charge in [0, 0.05) is 25.7 Å². The average Bonchev–Trinajstić information content (AvgIpc) is 3.25. The van der Waals surface area contributed by atoms with Gasteiger partial charge in [0.1, 0.15) is 5.82 Å². The first kappa shape index (κ1) is 18.7. The predicted molar refractivity (Wildman–Crippen MR) is 98.8 cm³/mol. The Morgan fingerprint density at radius 1 is 1.21 bits per heavy atom. The summed E-state index contributed by atoms with van der Waals surface area (Å²) in [6.45, 7) is 0. The highest BCUT2D eigenvalue weighted by Gasteiger charge is 2.50. The van der Waals surface area contributed by atoms with E-state index in [4.69, 9.17) is 0 Å². The van der Waals surface area contributed by atoms with Crippen LogP contribution in [0.2, 0.25) is 0 Å². The second kappa shape index (κ2) is 6.77. The predicted octanol–water partition coefficient (Wildman–Crippen LogP) is 4.27. The van der Waals surface area contributed by atoms with E-state index in [0.29, 0.717) is 10.0 Å². The van der Waals surface area contributed by atoms with Gasteiger partial charge >= 0.3 is 6.18 Å². The summed E-state index contributed by atoms with van der Waals surface area (Å²) in [5.74, 6) is -0.409. The lowest BCUT2D eigenvalue weighted by Crippen LogP contribution is -2.45. The third-order valence-corrected chi connectivity index (χ3v) is 5.30. The first-order valence-corrected chi connectivity index (χ1v) is 9.24. The second-order valence-electron chi connectivity index (χ2n) is 6.53. The summed E-state index contributed by atoms with van der Waals surface area (Å²) in [4.78, 5) is 14.7. The van der Waals surface area contributed by atoms with Crippen molar-refractivity contribution in [3.05, 3.63) is 64.5 Å². The Morgan fingerprint density at radius 3 is 2.54 bits per heavy atom. The van der Waals surface area contributed by atoms with Crippen molar-refractivity contribution in [2.75, 3.05) is 4.90 Å². The van der Waals surface area contributed by atoms with Crippen LogP contribution in [-0.4, -0.2) is 31.6 Å². The number of rotatable bonds is 2. The van der Waals surface area contributed by atoms with Crippen molar-refractivity contribution in [3.63, 3.8) is 0 Å². The minimum absolute atomic E-state index is 0.0879. The van der Waals surface area contributed by atoms with E-state index in [1.807, 2.05) is 0 Å². The molecule has 3 heterocycles. The number of aryl methyl sites for hydroxylation is 1. The third-order valence-electron chi connectivity index (χ3n) is 4.72. The van der Waals surface area contributed by atoms with E-state index in [0.717, 1.165) is 4.68 Å². The summed E-state index contributed by atoms with van der Waals surface area (Å²) < 4.78 is 44.0. The first-order chi connectivity index (χ1) is 13.3. The molecule has 2 atom stereocenters. The molecule has 2 aromatic heterocycles. The standard InChI is InChI=1S/C18H15BrF3N5O/c1-25-10-12(19)16(24-25)17(28)26-13(11-5-3-2-4-6-11)9-14(18(20,21)22)27-15(26)7-8-23-27/h2-8,10,13-14H,9H2,1H3/t13-,14+/m0/s1. The number of hydrogen-bond donors (Lipinski definition) is 0. The van der Waals surface area contributed by atoms with Crippen molar-refractivity contribution < 1.29 is 18.0 Å². The monoisotopic (exact) mass is 453 g/mol. The van der Waals surface area contributed by atoms with Gasteiger partial charge in [-0.1, -0.05) is 30.3 Å². The van der Waals surface area contributed by atoms with E-state index < -0.39 is 24.2 Å². The topological polar surface area (TPSA) is 56.0 Å². The highest BCUT2D eigenvalue weighted by atomic mass is 79.9. The van der Waals surface area contributed by atoms with Crippen molar-refractivity contribution in [1.29, 1.82) is 0 Å². The number of carbonyl (C=O) groups is 1. The van der Waals surface area contributed by atoms with Crippen molar-refractivity contribution in [2.24, 2.45) is 7.05 Å². The molecular weight excluding hydrogens is 439 g/mol. The smallest absolute Gasteiger partial charge is 0.284 e. The van der Waals surface area contributed by atoms with E-state index in [-0.39, 0.29) is 17.9 Å². The van der Waals surface area contributed by atoms with E-state index in [9.17, 15) is 18.0 Å². The molecule has 6 nitrogen and oxygen atoms in total. The SMILES string of the molecule is Cn1cc(Br)c(C(=O)N2c3ccnn3[C@@H](C(F)(F)F)C[C@H]2c2ccccc2)n1. The molecule has 4 rings (SSSR count). The summed E-state index contributed by atoms with van der Waals surface area (Å²) in [5.41, 5.74) is 0.742. The van der Waals surface area contributed by atoms with Crippen LogP contribution in [0.4, 0.5) is 19.0 Å². The van der Waals surface area contributed by atoms with Crippen LogP contribution >= 0.6 is 15.9 Å². The second-order valence-corrected chi connectivity index (χ2v) is 7.38. The molecule has 0 saturated heterocycles. The van der Waals surface area contributed by atoms with Crippen LogP contribution in [0.15, 0.2) is 53.3 Å². The Labute approximate surface area is 166 Å². The number of benzene rings is 1. The Kier molecular flexibility index (Phi) is 4.53. The Morgan fingerprint density at radius 2 is 1.93 bits per heavy atom. The van der Waals surface area contributed by atoms with Crippen molar-refractivity contribution in [3.8, 4) is 0 Å². The molecule has 0 N–H and O–H groups in total. The molecular formula is C18H15BrF3N5O. The number of alkyl halides is 3. The number of aromatic nitrogens is 4. The van der Waals surface area contributed by atoms with Crippen LogP contribution in [0.3, 0.4) is 0 Å². The number of anilines is 1. The van der Waals surface area contributed by atoms with E-state index in [1.165, 1.54) is 21.8 Å². The molecule has 0 radical (unpaired) electrons. The van der Waals surface area contributed by atoms with Gasteiger partial charge in [0.15, 0.2) is 11.7 Å². The highest BCUT2D eigenvalue weighted by Crippen LogP contribution is 2.47. The molecule has 0 saturated carbocycles. The van der Waals surface area contributed by atoms with Gasteiger partial charge in [-0.05, 0) is 21.5 Å². The molecule has 1 aliphatic heterocycles. The highest BCUT2D eigenvalue weighted by molar-refractivity contribution is 9.10. The maximum Gasteiger partial charge on any atom is 0.410 e. The van der Waals surface area contributed by atoms with Crippen molar-refractivity contribution in [1.82, 2.24) is 19.6 Å². The van der Waals surface area contributed by atoms with E-state index in [1.54, 1.807) is 43.6 Å². The van der Waals surface area contributed by atoms with Gasteiger partial charge in [-0.3, -0.25) is 14.4 Å². The summed E-state index contributed by atoms with van der Waals surface area (Å²) >= 11 is 3.30. The molecule has 1 amide bonds. The summed E-state index contributed by atoms with van der Waals surface area (Å²) in [5, 5.41) is 8.02. The van der Waals surface area contributed by atoms with Crippen LogP contribution in [-0.2, 0) is 7.05 Å². The summed E-state index contributed by atoms with van der Waals surface area (Å²) in [6, 6.07) is 7.49. The van der Waals surface area contributed by atoms with Gasteiger partial charge in [0.2, 0.25) is 0 Å². The molecule has 0 aliphatic carbocycles. The zero-order chi connectivity index (χ0) is 20.1. The van der Waals surface area contributed by atoms with Gasteiger partial charge < -0.3 is 0 Å². The maximum atomic E-state index is 13.7. The minimum atomic E-state index is -4.49. The number of amides is 1. The van der Waals surface area contributed by atoms with Crippen molar-refractivity contribution in [2.45, 2.75) is 24.7 Å². The van der Waals surface area contributed by atoms with Gasteiger partial charge in [-0.2, -0.15) is 23.4 Å². The molecule has 10 heteroatoms. The van der Waals surface area contributed by atoms with Crippen LogP contribution in [0, 0.1) is 0 Å². The van der Waals surface area contributed by atoms with Crippen LogP contribution < -0.4 is 4.90 Å². The van der Waals surface area contributed by atoms with Crippen LogP contribution in [0.5, 0.6) is 0 Å². The molecule has 28 heavy (non-hydrogen) atoms. The van der Waals surface area contributed by atoms with E-state index >= 15 is 0 Å². The normalized spacial score (nSPS) is 19.5. The number of hydrogen-bond acceptors (Lipinski definition) is 3. The molecule has 0 bridgehead atoms. The number of nitrogens with zero attached hydrogens (tertiary/aromatic N) is 5. The first-order valence-electron chi connectivity index (χ1n) is 8.45. The zero-order valence-electron chi connectivity index (χ0n) is 14.6. The van der Waals surface area contributed by atoms with Crippen LogP contribution in [0.1, 0.15) is 34.6 Å². The lowest BCUT2D eigenvalue weighted by molar-refractivity contribution is -0.174. The van der Waals surface area contributed by atoms with E-state index in [2.05, 4.69) is 26.1 Å². The molecule has 146 valence electrons. The lowest BCUT2D eigenvalue weighted by Gasteiger charge is -2.40. The fourth-order valence-corrected chi connectivity index (χ4v) is 4.06. The van der Waals surface area contributed by atoms with Crippen molar-refractivity contribution >= 4 is 27.7 Å². The van der Waals surface area contributed by atoms with Gasteiger partial charge in [0.25, 0.3) is 5.91 Å². The third kappa shape index (κ3) is 3.11. The molecule has 0 fully saturated rings. The zero-order valence-corrected chi connectivity index (χ0v) is 16.2. The number of halogens is 4. The number of carbonyl (C=O) groups excluding carboxylic acids is 1. The van der Waals surface area contributed by atoms with Gasteiger partial charge in [-0.25, -0.2) is 4.68 Å². The molecule has 1 aliphatic rings. The molecule has 0 spiro atoms. The molecule has 1 aromatic carbocycles. The quantitative estimate of drug-likeness (QED) is 0.581.